The Hall–Kier alpha value is -1.35. The van der Waals surface area contributed by atoms with Gasteiger partial charge in [0.05, 0.1) is 10.5 Å². The topological polar surface area (TPSA) is 38.9 Å². The van der Waals surface area contributed by atoms with E-state index in [0.29, 0.717) is 21.7 Å². The van der Waals surface area contributed by atoms with Gasteiger partial charge in [-0.2, -0.15) is 0 Å². The first kappa shape index (κ1) is 8.26. The van der Waals surface area contributed by atoms with Gasteiger partial charge in [0.25, 0.3) is 0 Å². The normalized spacial score (nSPS) is 10.6. The van der Waals surface area contributed by atoms with E-state index in [4.69, 9.17) is 17.3 Å². The zero-order valence-corrected chi connectivity index (χ0v) is 7.35. The van der Waals surface area contributed by atoms with E-state index in [-0.39, 0.29) is 5.82 Å². The van der Waals surface area contributed by atoms with Gasteiger partial charge >= 0.3 is 0 Å². The predicted octanol–water partition coefficient (Wildman–Crippen LogP) is 2.61. The number of aromatic nitrogens is 1. The number of halogens is 2. The Morgan fingerprint density at radius 2 is 2.08 bits per heavy atom. The van der Waals surface area contributed by atoms with Gasteiger partial charge in [0.1, 0.15) is 11.6 Å². The highest BCUT2D eigenvalue weighted by Gasteiger charge is 2.02. The molecule has 0 unspecified atom stereocenters. The fourth-order valence-electron chi connectivity index (χ4n) is 1.18. The molecule has 0 radical (unpaired) electrons. The van der Waals surface area contributed by atoms with Crippen LogP contribution in [0.5, 0.6) is 0 Å². The van der Waals surface area contributed by atoms with Gasteiger partial charge in [0.2, 0.25) is 0 Å². The quantitative estimate of drug-likeness (QED) is 0.704. The fourth-order valence-corrected chi connectivity index (χ4v) is 1.45. The molecule has 0 saturated heterocycles. The number of hydrogen-bond donors (Lipinski definition) is 1. The molecular formula is C9H6ClFN2. The maximum Gasteiger partial charge on any atom is 0.125 e. The molecule has 0 fully saturated rings. The van der Waals surface area contributed by atoms with E-state index in [1.54, 1.807) is 12.1 Å². The molecule has 0 bridgehead atoms. The number of rotatable bonds is 0. The van der Waals surface area contributed by atoms with Gasteiger partial charge in [-0.15, -0.1) is 0 Å². The third-order valence-corrected chi connectivity index (χ3v) is 2.05. The molecule has 1 aromatic carbocycles. The summed E-state index contributed by atoms with van der Waals surface area (Å²) in [4.78, 5) is 3.95. The number of fused-ring (bicyclic) bond motifs is 1. The van der Waals surface area contributed by atoms with Gasteiger partial charge in [0, 0.05) is 11.5 Å². The smallest absolute Gasteiger partial charge is 0.125 e. The van der Waals surface area contributed by atoms with Crippen molar-refractivity contribution in [2.45, 2.75) is 0 Å². The van der Waals surface area contributed by atoms with Crippen LogP contribution >= 0.6 is 11.6 Å². The Balaban J connectivity index is 2.86. The summed E-state index contributed by atoms with van der Waals surface area (Å²) in [6.45, 7) is 0. The molecule has 1 heterocycles. The predicted molar refractivity (Wildman–Crippen MR) is 51.1 cm³/mol. The summed E-state index contributed by atoms with van der Waals surface area (Å²) in [5.74, 6) is -0.0511. The van der Waals surface area contributed by atoms with Crippen molar-refractivity contribution in [3.8, 4) is 0 Å². The summed E-state index contributed by atoms with van der Waals surface area (Å²) in [7, 11) is 0. The van der Waals surface area contributed by atoms with Crippen molar-refractivity contribution in [3.63, 3.8) is 0 Å². The van der Waals surface area contributed by atoms with Crippen LogP contribution in [0.4, 0.5) is 10.2 Å². The molecule has 66 valence electrons. The lowest BCUT2D eigenvalue weighted by Crippen LogP contribution is -1.91. The minimum Gasteiger partial charge on any atom is -0.384 e. The minimum atomic E-state index is -0.346. The number of nitrogens with two attached hydrogens (primary N) is 1. The molecular weight excluding hydrogens is 191 g/mol. The Kier molecular flexibility index (Phi) is 1.81. The SMILES string of the molecule is Nc1cc(Cl)c2ccc(F)cc2n1. The molecule has 2 nitrogen and oxygen atoms in total. The highest BCUT2D eigenvalue weighted by molar-refractivity contribution is 6.35. The van der Waals surface area contributed by atoms with Crippen LogP contribution in [0.3, 0.4) is 0 Å². The molecule has 2 rings (SSSR count). The maximum absolute atomic E-state index is 12.8. The van der Waals surface area contributed by atoms with Gasteiger partial charge in [-0.05, 0) is 18.2 Å². The summed E-state index contributed by atoms with van der Waals surface area (Å²) in [6.07, 6.45) is 0. The van der Waals surface area contributed by atoms with Crippen molar-refractivity contribution in [2.24, 2.45) is 0 Å². The van der Waals surface area contributed by atoms with Gasteiger partial charge in [-0.1, -0.05) is 11.6 Å². The lowest BCUT2D eigenvalue weighted by molar-refractivity contribution is 0.629. The van der Waals surface area contributed by atoms with Crippen molar-refractivity contribution in [1.29, 1.82) is 0 Å². The van der Waals surface area contributed by atoms with Crippen LogP contribution in [0.25, 0.3) is 10.9 Å². The highest BCUT2D eigenvalue weighted by atomic mass is 35.5. The van der Waals surface area contributed by atoms with Crippen LogP contribution in [0.2, 0.25) is 5.02 Å². The van der Waals surface area contributed by atoms with Gasteiger partial charge in [0.15, 0.2) is 0 Å². The zero-order chi connectivity index (χ0) is 9.42. The second kappa shape index (κ2) is 2.85. The lowest BCUT2D eigenvalue weighted by atomic mass is 10.2. The standard InChI is InChI=1S/C9H6ClFN2/c10-7-4-9(12)13-8-3-5(11)1-2-6(7)8/h1-4H,(H2,12,13). The number of pyridine rings is 1. The van der Waals surface area contributed by atoms with Crippen LogP contribution in [0, 0.1) is 5.82 Å². The molecule has 2 N–H and O–H groups in total. The molecule has 4 heteroatoms. The Labute approximate surface area is 79.1 Å². The van der Waals surface area contributed by atoms with Crippen LogP contribution in [0.15, 0.2) is 24.3 Å². The third-order valence-electron chi connectivity index (χ3n) is 1.74. The van der Waals surface area contributed by atoms with Crippen molar-refractivity contribution >= 4 is 28.3 Å². The third kappa shape index (κ3) is 1.42. The second-order valence-corrected chi connectivity index (χ2v) is 3.10. The van der Waals surface area contributed by atoms with Crippen molar-refractivity contribution in [3.05, 3.63) is 35.1 Å². The first-order chi connectivity index (χ1) is 6.16. The van der Waals surface area contributed by atoms with Crippen LogP contribution < -0.4 is 5.73 Å². The molecule has 0 aliphatic carbocycles. The van der Waals surface area contributed by atoms with Crippen molar-refractivity contribution in [1.82, 2.24) is 4.98 Å². The summed E-state index contributed by atoms with van der Waals surface area (Å²) >= 11 is 5.87. The largest absolute Gasteiger partial charge is 0.384 e. The number of nitrogen functional groups attached to an aromatic ring is 1. The summed E-state index contributed by atoms with van der Waals surface area (Å²) in [5, 5.41) is 1.19. The van der Waals surface area contributed by atoms with Gasteiger partial charge in [-0.25, -0.2) is 9.37 Å². The average Bonchev–Trinajstić information content (AvgIpc) is 2.02. The van der Waals surface area contributed by atoms with E-state index in [2.05, 4.69) is 4.98 Å². The lowest BCUT2D eigenvalue weighted by Gasteiger charge is -2.00. The highest BCUT2D eigenvalue weighted by Crippen LogP contribution is 2.24. The van der Waals surface area contributed by atoms with E-state index >= 15 is 0 Å². The van der Waals surface area contributed by atoms with Gasteiger partial charge < -0.3 is 5.73 Å². The van der Waals surface area contributed by atoms with Crippen LogP contribution in [-0.4, -0.2) is 4.98 Å². The van der Waals surface area contributed by atoms with E-state index < -0.39 is 0 Å². The summed E-state index contributed by atoms with van der Waals surface area (Å²) < 4.78 is 12.8. The number of anilines is 1. The molecule has 13 heavy (non-hydrogen) atoms. The van der Waals surface area contributed by atoms with E-state index in [0.717, 1.165) is 0 Å². The average molecular weight is 197 g/mol. The Bertz CT molecular complexity index is 465. The zero-order valence-electron chi connectivity index (χ0n) is 6.59. The minimum absolute atomic E-state index is 0.295. The molecule has 2 aromatic rings. The summed E-state index contributed by atoms with van der Waals surface area (Å²) in [5.41, 5.74) is 5.93. The van der Waals surface area contributed by atoms with Gasteiger partial charge in [-0.3, -0.25) is 0 Å². The molecule has 0 amide bonds. The molecule has 0 atom stereocenters. The van der Waals surface area contributed by atoms with E-state index in [1.807, 2.05) is 0 Å². The molecule has 1 aromatic heterocycles. The Morgan fingerprint density at radius 3 is 2.85 bits per heavy atom. The first-order valence-corrected chi connectivity index (χ1v) is 4.06. The molecule has 0 spiro atoms. The maximum atomic E-state index is 12.8. The van der Waals surface area contributed by atoms with E-state index in [9.17, 15) is 4.39 Å². The van der Waals surface area contributed by atoms with Crippen molar-refractivity contribution in [2.75, 3.05) is 5.73 Å². The number of hydrogen-bond acceptors (Lipinski definition) is 2. The first-order valence-electron chi connectivity index (χ1n) is 3.68. The molecule has 0 aliphatic heterocycles. The molecule has 0 aliphatic rings. The van der Waals surface area contributed by atoms with Crippen molar-refractivity contribution < 1.29 is 4.39 Å². The number of nitrogens with zero attached hydrogens (tertiary/aromatic N) is 1. The molecule has 0 saturated carbocycles. The van der Waals surface area contributed by atoms with E-state index in [1.165, 1.54) is 12.1 Å². The summed E-state index contributed by atoms with van der Waals surface area (Å²) in [6, 6.07) is 5.77. The van der Waals surface area contributed by atoms with Crippen LogP contribution in [0.1, 0.15) is 0 Å². The second-order valence-electron chi connectivity index (χ2n) is 2.69. The monoisotopic (exact) mass is 196 g/mol. The number of benzene rings is 1. The Morgan fingerprint density at radius 1 is 1.31 bits per heavy atom. The van der Waals surface area contributed by atoms with Crippen LogP contribution in [-0.2, 0) is 0 Å². The fraction of sp³-hybridized carbons (Fsp3) is 0.